The third-order valence-electron chi connectivity index (χ3n) is 4.98. The number of nitro benzene ring substituents is 1. The average molecular weight is 417 g/mol. The molecule has 1 N–H and O–H groups in total. The van der Waals surface area contributed by atoms with Crippen LogP contribution in [0.25, 0.3) is 0 Å². The molecule has 8 nitrogen and oxygen atoms in total. The maximum absolute atomic E-state index is 12.7. The zero-order valence-electron chi connectivity index (χ0n) is 16.3. The van der Waals surface area contributed by atoms with Gasteiger partial charge in [-0.15, -0.1) is 0 Å². The zero-order chi connectivity index (χ0) is 21.2. The lowest BCUT2D eigenvalue weighted by Gasteiger charge is -2.31. The summed E-state index contributed by atoms with van der Waals surface area (Å²) in [5.41, 5.74) is 4.14. The van der Waals surface area contributed by atoms with Crippen molar-refractivity contribution in [3.8, 4) is 0 Å². The molecule has 0 aliphatic carbocycles. The van der Waals surface area contributed by atoms with Gasteiger partial charge in [0.05, 0.1) is 9.82 Å². The molecule has 0 unspecified atom stereocenters. The quantitative estimate of drug-likeness (QED) is 0.574. The maximum atomic E-state index is 12.7. The lowest BCUT2D eigenvalue weighted by molar-refractivity contribution is -0.384. The molecule has 1 aliphatic rings. The maximum Gasteiger partial charge on any atom is 0.269 e. The number of hydrogen-bond donors (Lipinski definition) is 1. The second-order valence-electron chi connectivity index (χ2n) is 7.13. The van der Waals surface area contributed by atoms with E-state index in [1.54, 1.807) is 4.90 Å². The summed E-state index contributed by atoms with van der Waals surface area (Å²) >= 11 is 0. The van der Waals surface area contributed by atoms with Crippen LogP contribution in [0.15, 0.2) is 41.3 Å². The average Bonchev–Trinajstić information content (AvgIpc) is 2.67. The molecule has 29 heavy (non-hydrogen) atoms. The van der Waals surface area contributed by atoms with Crippen molar-refractivity contribution >= 4 is 27.3 Å². The monoisotopic (exact) mass is 417 g/mol. The van der Waals surface area contributed by atoms with Crippen molar-refractivity contribution in [2.45, 2.75) is 38.0 Å². The number of nitro groups is 1. The van der Waals surface area contributed by atoms with Crippen LogP contribution in [-0.2, 0) is 21.2 Å². The highest BCUT2D eigenvalue weighted by Gasteiger charge is 2.24. The van der Waals surface area contributed by atoms with Gasteiger partial charge in [0, 0.05) is 37.3 Å². The fourth-order valence-electron chi connectivity index (χ4n) is 3.59. The molecule has 0 atom stereocenters. The third kappa shape index (κ3) is 4.63. The van der Waals surface area contributed by atoms with E-state index in [-0.39, 0.29) is 29.5 Å². The Bertz CT molecular complexity index is 1050. The molecule has 0 saturated heterocycles. The topological polar surface area (TPSA) is 110 Å². The zero-order valence-corrected chi connectivity index (χ0v) is 17.2. The van der Waals surface area contributed by atoms with E-state index in [1.165, 1.54) is 17.7 Å². The van der Waals surface area contributed by atoms with E-state index in [1.807, 2.05) is 19.9 Å². The summed E-state index contributed by atoms with van der Waals surface area (Å²) in [5.74, 6) is -0.137. The molecule has 0 saturated carbocycles. The standard InChI is InChI=1S/C20H23N3O5S/c1-14-12-15(2)18-4-3-11-22(19(18)13-14)20(24)9-10-21-29(27,28)17-7-5-16(6-8-17)23(25)26/h5-8,12-13,21H,3-4,9-11H2,1-2H3. The predicted octanol–water partition coefficient (Wildman–Crippen LogP) is 2.86. The van der Waals surface area contributed by atoms with Crippen LogP contribution in [0.4, 0.5) is 11.4 Å². The number of amides is 1. The lowest BCUT2D eigenvalue weighted by atomic mass is 9.95. The van der Waals surface area contributed by atoms with Crippen molar-refractivity contribution in [1.82, 2.24) is 4.72 Å². The Kier molecular flexibility index (Phi) is 5.99. The number of sulfonamides is 1. The van der Waals surface area contributed by atoms with Gasteiger partial charge in [-0.1, -0.05) is 6.07 Å². The highest BCUT2D eigenvalue weighted by atomic mass is 32.2. The van der Waals surface area contributed by atoms with Crippen LogP contribution in [0.2, 0.25) is 0 Å². The van der Waals surface area contributed by atoms with Crippen molar-refractivity contribution < 1.29 is 18.1 Å². The number of non-ortho nitro benzene ring substituents is 1. The molecule has 9 heteroatoms. The minimum Gasteiger partial charge on any atom is -0.312 e. The van der Waals surface area contributed by atoms with Crippen LogP contribution in [0, 0.1) is 24.0 Å². The minimum absolute atomic E-state index is 0.0264. The predicted molar refractivity (Wildman–Crippen MR) is 109 cm³/mol. The Morgan fingerprint density at radius 2 is 1.90 bits per heavy atom. The minimum atomic E-state index is -3.85. The van der Waals surface area contributed by atoms with E-state index in [4.69, 9.17) is 0 Å². The van der Waals surface area contributed by atoms with Gasteiger partial charge >= 0.3 is 0 Å². The largest absolute Gasteiger partial charge is 0.312 e. The Labute approximate surface area is 169 Å². The Balaban J connectivity index is 1.65. The van der Waals surface area contributed by atoms with E-state index in [0.717, 1.165) is 41.8 Å². The molecular weight excluding hydrogens is 394 g/mol. The number of hydrogen-bond acceptors (Lipinski definition) is 5. The number of aryl methyl sites for hydroxylation is 2. The normalized spacial score (nSPS) is 13.8. The molecule has 1 amide bonds. The number of anilines is 1. The summed E-state index contributed by atoms with van der Waals surface area (Å²) in [6, 6.07) is 8.72. The SMILES string of the molecule is Cc1cc(C)c2c(c1)N(C(=O)CCNS(=O)(=O)c1ccc([N+](=O)[O-])cc1)CCC2. The molecule has 154 valence electrons. The molecule has 0 radical (unpaired) electrons. The van der Waals surface area contributed by atoms with Gasteiger partial charge < -0.3 is 4.90 Å². The Morgan fingerprint density at radius 1 is 1.21 bits per heavy atom. The van der Waals surface area contributed by atoms with Crippen LogP contribution >= 0.6 is 0 Å². The fraction of sp³-hybridized carbons (Fsp3) is 0.350. The van der Waals surface area contributed by atoms with Gasteiger partial charge in [-0.2, -0.15) is 0 Å². The second kappa shape index (κ2) is 8.30. The van der Waals surface area contributed by atoms with Gasteiger partial charge in [0.2, 0.25) is 15.9 Å². The molecule has 0 spiro atoms. The molecule has 1 heterocycles. The summed E-state index contributed by atoms with van der Waals surface area (Å²) in [4.78, 5) is 24.5. The lowest BCUT2D eigenvalue weighted by Crippen LogP contribution is -2.38. The number of nitrogens with zero attached hydrogens (tertiary/aromatic N) is 2. The summed E-state index contributed by atoms with van der Waals surface area (Å²) in [7, 11) is -3.85. The van der Waals surface area contributed by atoms with Gasteiger partial charge in [0.25, 0.3) is 5.69 Å². The molecule has 0 aromatic heterocycles. The highest BCUT2D eigenvalue weighted by molar-refractivity contribution is 7.89. The first-order chi connectivity index (χ1) is 13.7. The van der Waals surface area contributed by atoms with Crippen LogP contribution in [-0.4, -0.2) is 32.3 Å². The molecule has 0 fully saturated rings. The van der Waals surface area contributed by atoms with Gasteiger partial charge in [0.15, 0.2) is 0 Å². The van der Waals surface area contributed by atoms with E-state index in [2.05, 4.69) is 10.8 Å². The highest BCUT2D eigenvalue weighted by Crippen LogP contribution is 2.31. The first-order valence-corrected chi connectivity index (χ1v) is 10.8. The number of benzene rings is 2. The van der Waals surface area contributed by atoms with E-state index < -0.39 is 14.9 Å². The number of rotatable bonds is 6. The molecule has 1 aliphatic heterocycles. The first kappa shape index (κ1) is 20.9. The van der Waals surface area contributed by atoms with Crippen LogP contribution in [0.1, 0.15) is 29.5 Å². The van der Waals surface area contributed by atoms with Crippen molar-refractivity contribution in [3.05, 3.63) is 63.2 Å². The molecule has 3 rings (SSSR count). The van der Waals surface area contributed by atoms with E-state index in [9.17, 15) is 23.3 Å². The summed E-state index contributed by atoms with van der Waals surface area (Å²) in [6.07, 6.45) is 1.83. The van der Waals surface area contributed by atoms with E-state index in [0.29, 0.717) is 6.54 Å². The van der Waals surface area contributed by atoms with Crippen LogP contribution in [0.5, 0.6) is 0 Å². The van der Waals surface area contributed by atoms with Gasteiger partial charge in [-0.25, -0.2) is 13.1 Å². The summed E-state index contributed by atoms with van der Waals surface area (Å²) < 4.78 is 27.1. The van der Waals surface area contributed by atoms with Crippen molar-refractivity contribution in [3.63, 3.8) is 0 Å². The summed E-state index contributed by atoms with van der Waals surface area (Å²) in [6.45, 7) is 4.60. The van der Waals surface area contributed by atoms with Gasteiger partial charge in [-0.05, 0) is 61.6 Å². The molecule has 2 aromatic rings. The smallest absolute Gasteiger partial charge is 0.269 e. The second-order valence-corrected chi connectivity index (χ2v) is 8.89. The number of carbonyl (C=O) groups is 1. The van der Waals surface area contributed by atoms with Crippen molar-refractivity contribution in [2.24, 2.45) is 0 Å². The van der Waals surface area contributed by atoms with Crippen LogP contribution in [0.3, 0.4) is 0 Å². The van der Waals surface area contributed by atoms with Crippen molar-refractivity contribution in [2.75, 3.05) is 18.0 Å². The molecule has 0 bridgehead atoms. The Hall–Kier alpha value is -2.78. The number of carbonyl (C=O) groups excluding carboxylic acids is 1. The van der Waals surface area contributed by atoms with Crippen molar-refractivity contribution in [1.29, 1.82) is 0 Å². The molecular formula is C20H23N3O5S. The first-order valence-electron chi connectivity index (χ1n) is 9.33. The Morgan fingerprint density at radius 3 is 2.55 bits per heavy atom. The number of fused-ring (bicyclic) bond motifs is 1. The van der Waals surface area contributed by atoms with Gasteiger partial charge in [0.1, 0.15) is 0 Å². The molecule has 2 aromatic carbocycles. The third-order valence-corrected chi connectivity index (χ3v) is 6.46. The van der Waals surface area contributed by atoms with E-state index >= 15 is 0 Å². The van der Waals surface area contributed by atoms with Gasteiger partial charge in [-0.3, -0.25) is 14.9 Å². The number of nitrogens with one attached hydrogen (secondary N) is 1. The van der Waals surface area contributed by atoms with Crippen LogP contribution < -0.4 is 9.62 Å². The fourth-order valence-corrected chi connectivity index (χ4v) is 4.62. The summed E-state index contributed by atoms with van der Waals surface area (Å²) in [5, 5.41) is 10.7.